The van der Waals surface area contributed by atoms with Crippen LogP contribution in [0.2, 0.25) is 0 Å². The van der Waals surface area contributed by atoms with E-state index in [1.807, 2.05) is 6.92 Å². The van der Waals surface area contributed by atoms with Crippen LogP contribution in [0.3, 0.4) is 0 Å². The Labute approximate surface area is 113 Å². The fourth-order valence-electron chi connectivity index (χ4n) is 2.31. The summed E-state index contributed by atoms with van der Waals surface area (Å²) in [5.74, 6) is -1.84. The maximum Gasteiger partial charge on any atom is 0.230 e. The number of halogens is 3. The van der Waals surface area contributed by atoms with Crippen LogP contribution in [0.4, 0.5) is 14.5 Å². The van der Waals surface area contributed by atoms with Gasteiger partial charge in [-0.1, -0.05) is 35.7 Å². The molecule has 2 rings (SSSR count). The van der Waals surface area contributed by atoms with E-state index in [2.05, 4.69) is 21.2 Å². The van der Waals surface area contributed by atoms with Crippen LogP contribution >= 0.6 is 15.9 Å². The molecule has 1 N–H and O–H groups in total. The predicted molar refractivity (Wildman–Crippen MR) is 69.3 cm³/mol. The third-order valence-electron chi connectivity index (χ3n) is 3.50. The monoisotopic (exact) mass is 317 g/mol. The Morgan fingerprint density at radius 1 is 1.28 bits per heavy atom. The van der Waals surface area contributed by atoms with Gasteiger partial charge in [-0.2, -0.15) is 0 Å². The highest BCUT2D eigenvalue weighted by Gasteiger charge is 2.36. The molecular weight excluding hydrogens is 304 g/mol. The molecule has 0 bridgehead atoms. The van der Waals surface area contributed by atoms with E-state index in [1.54, 1.807) is 0 Å². The third kappa shape index (κ3) is 2.55. The lowest BCUT2D eigenvalue weighted by atomic mass is 9.88. The molecule has 98 valence electrons. The number of carbonyl (C=O) groups is 1. The number of anilines is 1. The number of hydrogen-bond acceptors (Lipinski definition) is 1. The van der Waals surface area contributed by atoms with Gasteiger partial charge in [-0.25, -0.2) is 8.78 Å². The van der Waals surface area contributed by atoms with Crippen LogP contribution in [0.25, 0.3) is 0 Å². The molecule has 1 aromatic carbocycles. The molecule has 18 heavy (non-hydrogen) atoms. The van der Waals surface area contributed by atoms with Crippen LogP contribution in [0.5, 0.6) is 0 Å². The third-order valence-corrected chi connectivity index (χ3v) is 3.96. The molecule has 0 unspecified atom stereocenters. The van der Waals surface area contributed by atoms with E-state index < -0.39 is 17.0 Å². The van der Waals surface area contributed by atoms with Crippen molar-refractivity contribution in [2.75, 3.05) is 5.32 Å². The first-order valence-electron chi connectivity index (χ1n) is 5.88. The molecular formula is C13H14BrF2NO. The predicted octanol–water partition coefficient (Wildman–Crippen LogP) is 4.25. The normalized spacial score (nSPS) is 17.8. The summed E-state index contributed by atoms with van der Waals surface area (Å²) in [5.41, 5.74) is -0.872. The molecule has 1 amide bonds. The molecule has 0 heterocycles. The zero-order chi connectivity index (χ0) is 13.3. The van der Waals surface area contributed by atoms with Crippen LogP contribution in [0.1, 0.15) is 32.6 Å². The van der Waals surface area contributed by atoms with Gasteiger partial charge in [0.1, 0.15) is 5.69 Å². The molecule has 0 atom stereocenters. The highest BCUT2D eigenvalue weighted by atomic mass is 79.9. The Morgan fingerprint density at radius 3 is 2.28 bits per heavy atom. The number of rotatable bonds is 2. The Morgan fingerprint density at radius 2 is 1.78 bits per heavy atom. The Bertz CT molecular complexity index is 461. The van der Waals surface area contributed by atoms with Crippen LogP contribution in [-0.4, -0.2) is 5.91 Å². The highest BCUT2D eigenvalue weighted by molar-refractivity contribution is 9.10. The summed E-state index contributed by atoms with van der Waals surface area (Å²) in [6, 6.07) is 2.27. The molecule has 0 saturated heterocycles. The standard InChI is InChI=1S/C13H14BrF2NO/c1-13(4-2-3-5-13)12(18)17-11-9(15)6-8(14)7-10(11)16/h6-7H,2-5H2,1H3,(H,17,18). The Hall–Kier alpha value is -0.970. The first-order chi connectivity index (χ1) is 8.42. The van der Waals surface area contributed by atoms with Crippen molar-refractivity contribution in [3.8, 4) is 0 Å². The van der Waals surface area contributed by atoms with E-state index in [0.29, 0.717) is 4.47 Å². The molecule has 0 aliphatic heterocycles. The van der Waals surface area contributed by atoms with E-state index >= 15 is 0 Å². The molecule has 0 radical (unpaired) electrons. The van der Waals surface area contributed by atoms with Crippen LogP contribution in [0, 0.1) is 17.0 Å². The second-order valence-electron chi connectivity index (χ2n) is 4.97. The van der Waals surface area contributed by atoms with Crippen molar-refractivity contribution in [3.63, 3.8) is 0 Å². The molecule has 1 fully saturated rings. The summed E-state index contributed by atoms with van der Waals surface area (Å²) in [7, 11) is 0. The highest BCUT2D eigenvalue weighted by Crippen LogP contribution is 2.39. The topological polar surface area (TPSA) is 29.1 Å². The quantitative estimate of drug-likeness (QED) is 0.868. The van der Waals surface area contributed by atoms with E-state index in [-0.39, 0.29) is 11.6 Å². The molecule has 1 saturated carbocycles. The summed E-state index contributed by atoms with van der Waals surface area (Å²) in [6.07, 6.45) is 3.49. The van der Waals surface area contributed by atoms with Gasteiger partial charge < -0.3 is 5.32 Å². The van der Waals surface area contributed by atoms with Crippen molar-refractivity contribution < 1.29 is 13.6 Å². The number of carbonyl (C=O) groups excluding carboxylic acids is 1. The molecule has 0 aromatic heterocycles. The summed E-state index contributed by atoms with van der Waals surface area (Å²) < 4.78 is 27.5. The molecule has 0 spiro atoms. The Balaban J connectivity index is 2.22. The molecule has 1 aromatic rings. The van der Waals surface area contributed by atoms with Gasteiger partial charge in [-0.05, 0) is 25.0 Å². The van der Waals surface area contributed by atoms with Gasteiger partial charge >= 0.3 is 0 Å². The number of benzene rings is 1. The van der Waals surface area contributed by atoms with Crippen LogP contribution < -0.4 is 5.32 Å². The second kappa shape index (κ2) is 4.96. The maximum atomic E-state index is 13.6. The van der Waals surface area contributed by atoms with Crippen molar-refractivity contribution in [1.82, 2.24) is 0 Å². The minimum Gasteiger partial charge on any atom is -0.321 e. The summed E-state index contributed by atoms with van der Waals surface area (Å²) in [4.78, 5) is 12.1. The van der Waals surface area contributed by atoms with Gasteiger partial charge in [-0.3, -0.25) is 4.79 Å². The van der Waals surface area contributed by atoms with Crippen molar-refractivity contribution >= 4 is 27.5 Å². The smallest absolute Gasteiger partial charge is 0.230 e. The van der Waals surface area contributed by atoms with Crippen molar-refractivity contribution in [2.45, 2.75) is 32.6 Å². The first kappa shape index (κ1) is 13.5. The van der Waals surface area contributed by atoms with Crippen molar-refractivity contribution in [1.29, 1.82) is 0 Å². The van der Waals surface area contributed by atoms with Crippen molar-refractivity contribution in [3.05, 3.63) is 28.2 Å². The van der Waals surface area contributed by atoms with E-state index in [0.717, 1.165) is 37.8 Å². The summed E-state index contributed by atoms with van der Waals surface area (Å²) in [6.45, 7) is 1.84. The van der Waals surface area contributed by atoms with Gasteiger partial charge in [0.25, 0.3) is 0 Å². The fourth-order valence-corrected chi connectivity index (χ4v) is 2.71. The zero-order valence-electron chi connectivity index (χ0n) is 10.0. The SMILES string of the molecule is CC1(C(=O)Nc2c(F)cc(Br)cc2F)CCCC1. The first-order valence-corrected chi connectivity index (χ1v) is 6.68. The lowest BCUT2D eigenvalue weighted by Gasteiger charge is -2.22. The number of nitrogens with one attached hydrogen (secondary N) is 1. The van der Waals surface area contributed by atoms with Gasteiger partial charge in [0.2, 0.25) is 5.91 Å². The van der Waals surface area contributed by atoms with E-state index in [4.69, 9.17) is 0 Å². The fraction of sp³-hybridized carbons (Fsp3) is 0.462. The van der Waals surface area contributed by atoms with Gasteiger partial charge in [0.15, 0.2) is 11.6 Å². The molecule has 5 heteroatoms. The molecule has 1 aliphatic carbocycles. The summed E-state index contributed by atoms with van der Waals surface area (Å²) >= 11 is 3.00. The van der Waals surface area contributed by atoms with Gasteiger partial charge in [0.05, 0.1) is 0 Å². The van der Waals surface area contributed by atoms with E-state index in [9.17, 15) is 13.6 Å². The molecule has 1 aliphatic rings. The Kier molecular flexibility index (Phi) is 3.71. The average molecular weight is 318 g/mol. The number of amides is 1. The minimum absolute atomic E-state index is 0.305. The lowest BCUT2D eigenvalue weighted by Crippen LogP contribution is -2.31. The van der Waals surface area contributed by atoms with Crippen molar-refractivity contribution in [2.24, 2.45) is 5.41 Å². The van der Waals surface area contributed by atoms with Gasteiger partial charge in [0, 0.05) is 9.89 Å². The average Bonchev–Trinajstić information content (AvgIpc) is 2.71. The maximum absolute atomic E-state index is 13.6. The van der Waals surface area contributed by atoms with E-state index in [1.165, 1.54) is 0 Å². The lowest BCUT2D eigenvalue weighted by molar-refractivity contribution is -0.124. The second-order valence-corrected chi connectivity index (χ2v) is 5.88. The van der Waals surface area contributed by atoms with Crippen LogP contribution in [0.15, 0.2) is 16.6 Å². The minimum atomic E-state index is -0.767. The van der Waals surface area contributed by atoms with Gasteiger partial charge in [-0.15, -0.1) is 0 Å². The largest absolute Gasteiger partial charge is 0.321 e. The summed E-state index contributed by atoms with van der Waals surface area (Å²) in [5, 5.41) is 2.38. The number of hydrogen-bond donors (Lipinski definition) is 1. The zero-order valence-corrected chi connectivity index (χ0v) is 11.6. The van der Waals surface area contributed by atoms with Crippen LogP contribution in [-0.2, 0) is 4.79 Å². The molecule has 2 nitrogen and oxygen atoms in total.